The molecule has 1 aromatic carbocycles. The van der Waals surface area contributed by atoms with Crippen molar-refractivity contribution in [2.45, 2.75) is 24.9 Å². The summed E-state index contributed by atoms with van der Waals surface area (Å²) >= 11 is 0. The highest BCUT2D eigenvalue weighted by molar-refractivity contribution is 7.91. The zero-order valence-electron chi connectivity index (χ0n) is 9.10. The van der Waals surface area contributed by atoms with E-state index in [0.717, 1.165) is 11.1 Å². The monoisotopic (exact) mass is 227 g/mol. The lowest BCUT2D eigenvalue weighted by atomic mass is 10.1. The van der Waals surface area contributed by atoms with E-state index in [1.165, 1.54) is 0 Å². The van der Waals surface area contributed by atoms with E-state index in [1.54, 1.807) is 6.92 Å². The maximum atomic E-state index is 11.8. The predicted molar refractivity (Wildman–Crippen MR) is 62.3 cm³/mol. The Morgan fingerprint density at radius 3 is 2.47 bits per heavy atom. The molecule has 0 saturated carbocycles. The van der Waals surface area contributed by atoms with Crippen molar-refractivity contribution in [2.75, 3.05) is 6.54 Å². The lowest BCUT2D eigenvalue weighted by molar-refractivity contribution is 0.583. The van der Waals surface area contributed by atoms with E-state index in [1.807, 2.05) is 31.2 Å². The molecular weight excluding hydrogens is 210 g/mol. The SMILES string of the molecule is Cc1ccccc1CS(=O)(=O)C(C)CN. The third-order valence-corrected chi connectivity index (χ3v) is 4.69. The van der Waals surface area contributed by atoms with E-state index < -0.39 is 15.1 Å². The fraction of sp³-hybridized carbons (Fsp3) is 0.455. The Morgan fingerprint density at radius 1 is 1.33 bits per heavy atom. The van der Waals surface area contributed by atoms with Crippen molar-refractivity contribution >= 4 is 9.84 Å². The first-order valence-corrected chi connectivity index (χ1v) is 6.65. The van der Waals surface area contributed by atoms with Crippen molar-refractivity contribution < 1.29 is 8.42 Å². The first-order chi connectivity index (χ1) is 6.97. The van der Waals surface area contributed by atoms with Crippen LogP contribution in [0.2, 0.25) is 0 Å². The topological polar surface area (TPSA) is 60.2 Å². The molecule has 15 heavy (non-hydrogen) atoms. The van der Waals surface area contributed by atoms with Crippen LogP contribution in [-0.4, -0.2) is 20.2 Å². The van der Waals surface area contributed by atoms with Crippen molar-refractivity contribution in [3.8, 4) is 0 Å². The van der Waals surface area contributed by atoms with E-state index in [9.17, 15) is 8.42 Å². The summed E-state index contributed by atoms with van der Waals surface area (Å²) in [6.45, 7) is 3.74. The molecule has 1 rings (SSSR count). The number of rotatable bonds is 4. The quantitative estimate of drug-likeness (QED) is 0.842. The molecule has 0 aliphatic carbocycles. The highest BCUT2D eigenvalue weighted by atomic mass is 32.2. The van der Waals surface area contributed by atoms with Crippen LogP contribution in [0.3, 0.4) is 0 Å². The Bertz CT molecular complexity index is 426. The van der Waals surface area contributed by atoms with E-state index >= 15 is 0 Å². The van der Waals surface area contributed by atoms with Crippen LogP contribution >= 0.6 is 0 Å². The first kappa shape index (κ1) is 12.2. The Balaban J connectivity index is 2.92. The van der Waals surface area contributed by atoms with Gasteiger partial charge in [0, 0.05) is 6.54 Å². The summed E-state index contributed by atoms with van der Waals surface area (Å²) in [5.74, 6) is 0.0814. The molecule has 0 amide bonds. The predicted octanol–water partition coefficient (Wildman–Crippen LogP) is 1.26. The molecule has 2 N–H and O–H groups in total. The average Bonchev–Trinajstić information content (AvgIpc) is 2.20. The molecule has 0 heterocycles. The zero-order chi connectivity index (χ0) is 11.5. The van der Waals surface area contributed by atoms with Crippen LogP contribution in [-0.2, 0) is 15.6 Å². The second kappa shape index (κ2) is 4.77. The van der Waals surface area contributed by atoms with Crippen molar-refractivity contribution in [1.82, 2.24) is 0 Å². The fourth-order valence-electron chi connectivity index (χ4n) is 1.28. The van der Waals surface area contributed by atoms with Crippen LogP contribution in [0.5, 0.6) is 0 Å². The van der Waals surface area contributed by atoms with E-state index in [0.29, 0.717) is 0 Å². The number of hydrogen-bond acceptors (Lipinski definition) is 3. The second-order valence-electron chi connectivity index (χ2n) is 3.78. The molecule has 0 aliphatic rings. The summed E-state index contributed by atoms with van der Waals surface area (Å²) in [6, 6.07) is 7.51. The molecule has 3 nitrogen and oxygen atoms in total. The number of hydrogen-bond donors (Lipinski definition) is 1. The van der Waals surface area contributed by atoms with Crippen LogP contribution in [0.25, 0.3) is 0 Å². The number of benzene rings is 1. The summed E-state index contributed by atoms with van der Waals surface area (Å²) in [4.78, 5) is 0. The normalized spacial score (nSPS) is 13.8. The number of aryl methyl sites for hydroxylation is 1. The summed E-state index contributed by atoms with van der Waals surface area (Å²) < 4.78 is 23.6. The van der Waals surface area contributed by atoms with Gasteiger partial charge in [0.25, 0.3) is 0 Å². The minimum absolute atomic E-state index is 0.0814. The van der Waals surface area contributed by atoms with Gasteiger partial charge in [-0.1, -0.05) is 24.3 Å². The Kier molecular flexibility index (Phi) is 3.88. The number of sulfone groups is 1. The van der Waals surface area contributed by atoms with Gasteiger partial charge in [0.05, 0.1) is 11.0 Å². The summed E-state index contributed by atoms with van der Waals surface area (Å²) in [7, 11) is -3.11. The molecule has 0 bridgehead atoms. The van der Waals surface area contributed by atoms with E-state index in [-0.39, 0.29) is 12.3 Å². The van der Waals surface area contributed by atoms with Crippen LogP contribution in [0.4, 0.5) is 0 Å². The Hall–Kier alpha value is -0.870. The molecule has 84 valence electrons. The lowest BCUT2D eigenvalue weighted by Crippen LogP contribution is -2.27. The van der Waals surface area contributed by atoms with Crippen LogP contribution in [0, 0.1) is 6.92 Å². The van der Waals surface area contributed by atoms with Gasteiger partial charge >= 0.3 is 0 Å². The molecule has 0 saturated heterocycles. The highest BCUT2D eigenvalue weighted by Crippen LogP contribution is 2.14. The minimum atomic E-state index is -3.11. The van der Waals surface area contributed by atoms with Crippen LogP contribution in [0.15, 0.2) is 24.3 Å². The van der Waals surface area contributed by atoms with Gasteiger partial charge in [-0.2, -0.15) is 0 Å². The van der Waals surface area contributed by atoms with Gasteiger partial charge in [-0.3, -0.25) is 0 Å². The van der Waals surface area contributed by atoms with Gasteiger partial charge in [-0.25, -0.2) is 8.42 Å². The molecule has 1 atom stereocenters. The van der Waals surface area contributed by atoms with Crippen LogP contribution < -0.4 is 5.73 Å². The molecule has 4 heteroatoms. The first-order valence-electron chi connectivity index (χ1n) is 4.93. The maximum Gasteiger partial charge on any atom is 0.158 e. The van der Waals surface area contributed by atoms with E-state index in [4.69, 9.17) is 5.73 Å². The zero-order valence-corrected chi connectivity index (χ0v) is 9.92. The lowest BCUT2D eigenvalue weighted by Gasteiger charge is -2.11. The Morgan fingerprint density at radius 2 is 1.93 bits per heavy atom. The molecule has 0 radical (unpaired) electrons. The van der Waals surface area contributed by atoms with Gasteiger partial charge < -0.3 is 5.73 Å². The summed E-state index contributed by atoms with van der Waals surface area (Å²) in [6.07, 6.45) is 0. The van der Waals surface area contributed by atoms with Gasteiger partial charge in [-0.15, -0.1) is 0 Å². The molecule has 0 spiro atoms. The minimum Gasteiger partial charge on any atom is -0.329 e. The largest absolute Gasteiger partial charge is 0.329 e. The highest BCUT2D eigenvalue weighted by Gasteiger charge is 2.20. The van der Waals surface area contributed by atoms with Gasteiger partial charge in [0.1, 0.15) is 0 Å². The van der Waals surface area contributed by atoms with Crippen LogP contribution in [0.1, 0.15) is 18.1 Å². The molecule has 0 aromatic heterocycles. The Labute approximate surface area is 91.2 Å². The third-order valence-electron chi connectivity index (χ3n) is 2.56. The molecular formula is C11H17NO2S. The van der Waals surface area contributed by atoms with Gasteiger partial charge in [0.15, 0.2) is 9.84 Å². The smallest absolute Gasteiger partial charge is 0.158 e. The molecule has 0 fully saturated rings. The third kappa shape index (κ3) is 3.04. The number of nitrogens with two attached hydrogens (primary N) is 1. The van der Waals surface area contributed by atoms with Crippen molar-refractivity contribution in [3.63, 3.8) is 0 Å². The van der Waals surface area contributed by atoms with Gasteiger partial charge in [-0.05, 0) is 25.0 Å². The molecule has 1 aromatic rings. The summed E-state index contributed by atoms with van der Waals surface area (Å²) in [5.41, 5.74) is 7.23. The van der Waals surface area contributed by atoms with E-state index in [2.05, 4.69) is 0 Å². The van der Waals surface area contributed by atoms with Crippen molar-refractivity contribution in [1.29, 1.82) is 0 Å². The molecule has 0 aliphatic heterocycles. The average molecular weight is 227 g/mol. The summed E-state index contributed by atoms with van der Waals surface area (Å²) in [5, 5.41) is -0.475. The standard InChI is InChI=1S/C11H17NO2S/c1-9-5-3-4-6-11(9)8-15(13,14)10(2)7-12/h3-6,10H,7-8,12H2,1-2H3. The second-order valence-corrected chi connectivity index (χ2v) is 6.20. The van der Waals surface area contributed by atoms with Crippen molar-refractivity contribution in [2.24, 2.45) is 5.73 Å². The van der Waals surface area contributed by atoms with Crippen molar-refractivity contribution in [3.05, 3.63) is 35.4 Å². The fourth-order valence-corrected chi connectivity index (χ4v) is 2.61. The molecule has 1 unspecified atom stereocenters. The van der Waals surface area contributed by atoms with Gasteiger partial charge in [0.2, 0.25) is 0 Å². The maximum absolute atomic E-state index is 11.8.